The molecule has 2 N–H and O–H groups in total. The van der Waals surface area contributed by atoms with Crippen LogP contribution in [-0.4, -0.2) is 73.4 Å². The molecule has 2 fully saturated rings. The van der Waals surface area contributed by atoms with Gasteiger partial charge in [0.25, 0.3) is 11.5 Å². The van der Waals surface area contributed by atoms with Crippen LogP contribution in [0, 0.1) is 17.6 Å². The van der Waals surface area contributed by atoms with Gasteiger partial charge < -0.3 is 10.1 Å². The molecule has 0 aliphatic heterocycles. The van der Waals surface area contributed by atoms with E-state index in [9.17, 15) is 48.7 Å². The van der Waals surface area contributed by atoms with Crippen LogP contribution < -0.4 is 20.3 Å². The smallest absolute Gasteiger partial charge is 0.456 e. The highest BCUT2D eigenvalue weighted by Crippen LogP contribution is 2.69. The van der Waals surface area contributed by atoms with E-state index in [-0.39, 0.29) is 45.3 Å². The molecule has 9 rings (SSSR count). The minimum absolute atomic E-state index is 0.0205. The van der Waals surface area contributed by atoms with Gasteiger partial charge in [-0.3, -0.25) is 28.2 Å². The predicted octanol–water partition coefficient (Wildman–Crippen LogP) is 6.93. The van der Waals surface area contributed by atoms with Crippen molar-refractivity contribution >= 4 is 55.3 Å². The van der Waals surface area contributed by atoms with Crippen molar-refractivity contribution in [3.05, 3.63) is 97.8 Å². The number of nitrogens with zero attached hydrogens (tertiary/aromatic N) is 7. The molecule has 0 unspecified atom stereocenters. The lowest BCUT2D eigenvalue weighted by molar-refractivity contribution is -0.290. The first-order valence-corrected chi connectivity index (χ1v) is 21.6. The van der Waals surface area contributed by atoms with Gasteiger partial charge in [0.15, 0.2) is 18.1 Å². The largest absolute Gasteiger partial charge is 0.471 e. The van der Waals surface area contributed by atoms with E-state index in [0.717, 1.165) is 57.3 Å². The number of rotatable bonds is 13. The zero-order valence-corrected chi connectivity index (χ0v) is 34.5. The molecule has 0 bridgehead atoms. The van der Waals surface area contributed by atoms with Crippen LogP contribution in [0.3, 0.4) is 0 Å². The molecule has 14 nitrogen and oxygen atoms in total. The van der Waals surface area contributed by atoms with Gasteiger partial charge in [-0.25, -0.2) is 22.2 Å². The minimum atomic E-state index is -6.00. The number of pyridine rings is 1. The van der Waals surface area contributed by atoms with Gasteiger partial charge in [0, 0.05) is 43.0 Å². The maximum Gasteiger partial charge on any atom is 0.456 e. The van der Waals surface area contributed by atoms with E-state index >= 15 is 8.78 Å². The van der Waals surface area contributed by atoms with E-state index in [1.807, 2.05) is 0 Å². The van der Waals surface area contributed by atoms with Gasteiger partial charge in [0.2, 0.25) is 21.8 Å². The topological polar surface area (TPSA) is 168 Å². The number of alkyl halides is 7. The van der Waals surface area contributed by atoms with Crippen molar-refractivity contribution in [1.29, 1.82) is 0 Å². The Labute approximate surface area is 359 Å². The number of aryl methyl sites for hydroxylation is 1. The molecule has 4 aromatic heterocycles. The minimum Gasteiger partial charge on any atom is -0.471 e. The van der Waals surface area contributed by atoms with E-state index in [2.05, 4.69) is 30.2 Å². The van der Waals surface area contributed by atoms with E-state index in [1.54, 1.807) is 0 Å². The zero-order chi connectivity index (χ0) is 46.0. The Balaban J connectivity index is 1.22. The van der Waals surface area contributed by atoms with Crippen LogP contribution in [0.1, 0.15) is 65.5 Å². The molecule has 0 saturated heterocycles. The Bertz CT molecular complexity index is 3100. The van der Waals surface area contributed by atoms with Crippen LogP contribution in [-0.2, 0) is 40.8 Å². The lowest BCUT2D eigenvalue weighted by atomic mass is 10.0. The second-order valence-corrected chi connectivity index (χ2v) is 18.2. The summed E-state index contributed by atoms with van der Waals surface area (Å²) in [6.07, 6.45) is -4.03. The van der Waals surface area contributed by atoms with Crippen molar-refractivity contribution in [2.24, 2.45) is 13.0 Å². The summed E-state index contributed by atoms with van der Waals surface area (Å²) in [7, 11) is -2.62. The maximum atomic E-state index is 15.7. The first-order valence-electron chi connectivity index (χ1n) is 19.3. The Morgan fingerprint density at radius 3 is 2.39 bits per heavy atom. The summed E-state index contributed by atoms with van der Waals surface area (Å²) in [6, 6.07) is 5.03. The second-order valence-electron chi connectivity index (χ2n) is 16.0. The van der Waals surface area contributed by atoms with Crippen LogP contribution in [0.5, 0.6) is 5.88 Å². The highest BCUT2D eigenvalue weighted by Gasteiger charge is 2.67. The summed E-state index contributed by atoms with van der Waals surface area (Å²) in [5.74, 6) is -14.8. The summed E-state index contributed by atoms with van der Waals surface area (Å²) in [5.41, 5.74) is -1.47. The number of ether oxygens (including phenoxy) is 1. The van der Waals surface area contributed by atoms with Crippen molar-refractivity contribution in [2.75, 3.05) is 17.6 Å². The number of anilines is 1. The van der Waals surface area contributed by atoms with Crippen LogP contribution in [0.25, 0.3) is 27.6 Å². The van der Waals surface area contributed by atoms with E-state index < -0.39 is 117 Å². The van der Waals surface area contributed by atoms with Crippen LogP contribution in [0.4, 0.5) is 45.3 Å². The Morgan fingerprint density at radius 2 is 1.73 bits per heavy atom. The SMILES string of the molecule is Cn1nc(NS(C)(=O)=O)c2c(Cl)ccc(-n3c([C@H](Cc4cc(F)cc(F)c4)NC(=O)Cn4nc(C5CC5)c5c4C(F)(F)[C@H]4C[C@@H]54)nc4nc(OCC(F)(F)C(F)(F)F)ccc4c3=O)c21. The molecular weight excluding hydrogens is 913 g/mol. The Hall–Kier alpha value is -5.91. The number of sulfonamides is 1. The molecule has 4 heterocycles. The maximum absolute atomic E-state index is 15.7. The third-order valence-electron chi connectivity index (χ3n) is 11.2. The number of carbonyl (C=O) groups is 1. The van der Waals surface area contributed by atoms with Crippen molar-refractivity contribution in [1.82, 2.24) is 39.4 Å². The number of benzene rings is 2. The molecular formula is C39H31ClF9N9O5S. The molecule has 3 aliphatic rings. The molecule has 1 amide bonds. The van der Waals surface area contributed by atoms with Crippen molar-refractivity contribution in [2.45, 2.75) is 68.1 Å². The average molecular weight is 944 g/mol. The molecule has 3 aliphatic carbocycles. The molecule has 2 aromatic carbocycles. The summed E-state index contributed by atoms with van der Waals surface area (Å²) in [5, 5.41) is 10.8. The third-order valence-corrected chi connectivity index (χ3v) is 12.1. The molecule has 25 heteroatoms. The number of amides is 1. The van der Waals surface area contributed by atoms with E-state index in [4.69, 9.17) is 16.3 Å². The summed E-state index contributed by atoms with van der Waals surface area (Å²) < 4.78 is 162. The van der Waals surface area contributed by atoms with Crippen LogP contribution in [0.2, 0.25) is 5.02 Å². The number of carbonyl (C=O) groups excluding carboxylic acids is 1. The van der Waals surface area contributed by atoms with Crippen LogP contribution >= 0.6 is 11.6 Å². The molecule has 6 aromatic rings. The molecule has 2 saturated carbocycles. The van der Waals surface area contributed by atoms with E-state index in [1.165, 1.54) is 19.2 Å². The van der Waals surface area contributed by atoms with Gasteiger partial charge >= 0.3 is 12.1 Å². The first kappa shape index (κ1) is 43.3. The number of hydrogen-bond donors (Lipinski definition) is 2. The highest BCUT2D eigenvalue weighted by atomic mass is 35.5. The first-order chi connectivity index (χ1) is 29.9. The molecule has 338 valence electrons. The van der Waals surface area contributed by atoms with E-state index in [0.29, 0.717) is 17.3 Å². The normalized spacial score (nSPS) is 18.6. The van der Waals surface area contributed by atoms with Gasteiger partial charge in [0.1, 0.15) is 29.7 Å². The van der Waals surface area contributed by atoms with Gasteiger partial charge in [-0.1, -0.05) is 11.6 Å². The van der Waals surface area contributed by atoms with Gasteiger partial charge in [-0.15, -0.1) is 0 Å². The molecule has 0 spiro atoms. The number of aromatic nitrogens is 7. The van der Waals surface area contributed by atoms with Crippen molar-refractivity contribution < 1.29 is 57.5 Å². The fraction of sp³-hybridized carbons (Fsp3) is 0.385. The quantitative estimate of drug-likeness (QED) is 0.117. The standard InChI is InChI=1S/C39H31ClF9N9O5S/c1-56-31-25(7-6-23(40)29(31)34(54-56)55-64(2,61)62)58-35(52-33-20(36(58)60)5-8-27(51-33)63-15-37(43,44)39(47,48)49)24(11-16-9-18(41)12-19(42)10-16)50-26(59)14-57-32-28(30(53-57)17-3-4-17)21-13-22(21)38(32,45)46/h5-10,12,17,21-22,24H,3-4,11,13-15H2,1-2H3,(H,50,59)(H,54,55)/t21-,22+,24+/m1/s1. The number of hydrogen-bond acceptors (Lipinski definition) is 9. The van der Waals surface area contributed by atoms with Crippen LogP contribution in [0.15, 0.2) is 47.3 Å². The summed E-state index contributed by atoms with van der Waals surface area (Å²) in [4.78, 5) is 37.4. The lowest BCUT2D eigenvalue weighted by Crippen LogP contribution is -2.41. The fourth-order valence-electron chi connectivity index (χ4n) is 8.27. The number of fused-ring (bicyclic) bond motifs is 5. The van der Waals surface area contributed by atoms with Gasteiger partial charge in [-0.05, 0) is 61.1 Å². The molecule has 3 atom stereocenters. The molecule has 0 radical (unpaired) electrons. The van der Waals surface area contributed by atoms with Gasteiger partial charge in [0.05, 0.1) is 45.0 Å². The number of nitrogens with one attached hydrogen (secondary N) is 2. The molecule has 64 heavy (non-hydrogen) atoms. The Kier molecular flexibility index (Phi) is 10.0. The second kappa shape index (κ2) is 14.8. The zero-order valence-electron chi connectivity index (χ0n) is 33.0. The monoisotopic (exact) mass is 943 g/mol. The summed E-state index contributed by atoms with van der Waals surface area (Å²) in [6.45, 7) is -3.01. The van der Waals surface area contributed by atoms with Gasteiger partial charge in [-0.2, -0.15) is 45.9 Å². The highest BCUT2D eigenvalue weighted by molar-refractivity contribution is 7.92. The van der Waals surface area contributed by atoms with Crippen molar-refractivity contribution in [3.8, 4) is 11.6 Å². The average Bonchev–Trinajstić information content (AvgIpc) is 4.10. The summed E-state index contributed by atoms with van der Waals surface area (Å²) >= 11 is 6.56. The fourth-order valence-corrected chi connectivity index (χ4v) is 9.00. The predicted molar refractivity (Wildman–Crippen MR) is 209 cm³/mol. The van der Waals surface area contributed by atoms with Crippen molar-refractivity contribution in [3.63, 3.8) is 0 Å². The third kappa shape index (κ3) is 7.66. The number of halogens is 10. The Morgan fingerprint density at radius 1 is 1.03 bits per heavy atom. The lowest BCUT2D eigenvalue weighted by Gasteiger charge is -2.24.